The molecule has 1 saturated heterocycles. The minimum atomic E-state index is -1.51. The van der Waals surface area contributed by atoms with Crippen LogP contribution in [0, 0.1) is 11.3 Å². The van der Waals surface area contributed by atoms with Gasteiger partial charge in [-0.25, -0.2) is 0 Å². The Morgan fingerprint density at radius 2 is 1.94 bits per heavy atom. The van der Waals surface area contributed by atoms with E-state index in [9.17, 15) is 15.2 Å². The number of likely N-dealkylation sites (tertiary alicyclic amines) is 1. The Morgan fingerprint density at radius 1 is 1.12 bits per heavy atom. The number of nitriles is 1. The van der Waals surface area contributed by atoms with Crippen LogP contribution in [0.15, 0.2) is 79.2 Å². The number of carboxylic acids is 1. The van der Waals surface area contributed by atoms with Crippen LogP contribution in [-0.4, -0.2) is 61.1 Å². The van der Waals surface area contributed by atoms with Gasteiger partial charge >= 0.3 is 5.97 Å². The molecule has 252 valence electrons. The average molecular weight is 823 g/mol. The van der Waals surface area contributed by atoms with E-state index in [0.717, 1.165) is 29.3 Å². The number of aromatic nitrogens is 1. The number of nitrogens with zero attached hydrogens (tertiary/aromatic N) is 3. The molecule has 2 atom stereocenters. The molecule has 0 bridgehead atoms. The molecule has 2 heterocycles. The third-order valence-electron chi connectivity index (χ3n) is 8.37. The van der Waals surface area contributed by atoms with Crippen LogP contribution in [0.4, 0.5) is 0 Å². The number of hydrogen-bond donors (Lipinski definition) is 1. The van der Waals surface area contributed by atoms with Gasteiger partial charge in [0.15, 0.2) is 9.93 Å². The summed E-state index contributed by atoms with van der Waals surface area (Å²) in [4.78, 5) is 18.1. The number of rotatable bonds is 14. The second kappa shape index (κ2) is 16.7. The zero-order valence-corrected chi connectivity index (χ0v) is 30.5. The van der Waals surface area contributed by atoms with E-state index in [0.29, 0.717) is 64.9 Å². The van der Waals surface area contributed by atoms with Crippen molar-refractivity contribution in [2.75, 3.05) is 24.2 Å². The van der Waals surface area contributed by atoms with E-state index in [1.54, 1.807) is 24.4 Å². The van der Waals surface area contributed by atoms with Crippen molar-refractivity contribution in [3.05, 3.63) is 106 Å². The van der Waals surface area contributed by atoms with E-state index in [1.165, 1.54) is 6.20 Å². The smallest absolute Gasteiger partial charge is 0.320 e. The molecule has 0 spiro atoms. The number of aliphatic carboxylic acids is 1. The van der Waals surface area contributed by atoms with Gasteiger partial charge in [-0.1, -0.05) is 106 Å². The SMILES string of the molecule is N#Cc1cncc(COc2cc(OCC3(OCCCI)C=CC=C(c4ccccc4)C3(Cl)Cl)c(Cl)cc2CN2CCCC[C@H]2C(=O)O)c1. The van der Waals surface area contributed by atoms with Crippen LogP contribution in [0.2, 0.25) is 5.02 Å². The summed E-state index contributed by atoms with van der Waals surface area (Å²) in [7, 11) is 0. The third-order valence-corrected chi connectivity index (χ3v) is 10.5. The minimum Gasteiger partial charge on any atom is -0.488 e. The monoisotopic (exact) mass is 821 g/mol. The Kier molecular flexibility index (Phi) is 12.7. The van der Waals surface area contributed by atoms with Crippen molar-refractivity contribution < 1.29 is 24.1 Å². The van der Waals surface area contributed by atoms with E-state index in [1.807, 2.05) is 53.5 Å². The lowest BCUT2D eigenvalue weighted by molar-refractivity contribution is -0.144. The summed E-state index contributed by atoms with van der Waals surface area (Å²) in [6.07, 6.45) is 11.8. The van der Waals surface area contributed by atoms with E-state index in [2.05, 4.69) is 33.6 Å². The standard InChI is InChI=1S/C36H35Cl3IN3O5/c37-30-17-28(22-43-14-5-4-11-31(43)34(44)45)32(46-23-26-16-25(19-41)20-42-21-26)18-33(30)47-24-35(48-15-7-13-40)12-6-10-29(36(35,38)39)27-8-2-1-3-9-27/h1-3,6,8-10,12,16-18,20-21,31H,4-5,7,11,13-15,22-24H2,(H,44,45)/t31-,35?/m0/s1. The van der Waals surface area contributed by atoms with Crippen molar-refractivity contribution in [2.45, 2.75) is 54.8 Å². The third kappa shape index (κ3) is 8.47. The number of ether oxygens (including phenoxy) is 3. The van der Waals surface area contributed by atoms with Crippen molar-refractivity contribution in [3.63, 3.8) is 0 Å². The molecule has 2 aromatic carbocycles. The zero-order chi connectivity index (χ0) is 34.1. The Hall–Kier alpha value is -2.85. The normalized spacial score (nSPS) is 20.5. The van der Waals surface area contributed by atoms with E-state index in [4.69, 9.17) is 49.0 Å². The highest BCUT2D eigenvalue weighted by Crippen LogP contribution is 2.50. The summed E-state index contributed by atoms with van der Waals surface area (Å²) in [6.45, 7) is 1.39. The highest BCUT2D eigenvalue weighted by Gasteiger charge is 2.54. The summed E-state index contributed by atoms with van der Waals surface area (Å²) >= 11 is 23.6. The van der Waals surface area contributed by atoms with Gasteiger partial charge in [-0.3, -0.25) is 14.7 Å². The largest absolute Gasteiger partial charge is 0.488 e. The molecule has 2 aliphatic rings. The Labute approximate surface area is 309 Å². The average Bonchev–Trinajstić information content (AvgIpc) is 3.09. The molecule has 0 amide bonds. The van der Waals surface area contributed by atoms with Gasteiger partial charge in [0.1, 0.15) is 36.8 Å². The molecule has 1 aliphatic heterocycles. The number of allylic oxidation sites excluding steroid dienone is 2. The number of benzene rings is 2. The molecule has 3 aromatic rings. The van der Waals surface area contributed by atoms with E-state index >= 15 is 0 Å². The lowest BCUT2D eigenvalue weighted by Crippen LogP contribution is -2.53. The topological polar surface area (TPSA) is 105 Å². The Bertz CT molecular complexity index is 1700. The first-order valence-corrected chi connectivity index (χ1v) is 18.3. The maximum absolute atomic E-state index is 12.1. The zero-order valence-electron chi connectivity index (χ0n) is 26.1. The predicted molar refractivity (Wildman–Crippen MR) is 196 cm³/mol. The van der Waals surface area contributed by atoms with Gasteiger partial charge in [-0.15, -0.1) is 0 Å². The lowest BCUT2D eigenvalue weighted by atomic mass is 9.85. The number of hydrogen-bond acceptors (Lipinski definition) is 7. The van der Waals surface area contributed by atoms with Crippen molar-refractivity contribution >= 4 is 68.9 Å². The summed E-state index contributed by atoms with van der Waals surface area (Å²) < 4.78 is 18.5. The van der Waals surface area contributed by atoms with Gasteiger partial charge in [-0.2, -0.15) is 5.26 Å². The molecule has 8 nitrogen and oxygen atoms in total. The fourth-order valence-corrected chi connectivity index (χ4v) is 7.10. The number of halogens is 4. The molecule has 0 saturated carbocycles. The summed E-state index contributed by atoms with van der Waals surface area (Å²) in [6, 6.07) is 16.3. The number of carboxylic acid groups (broad SMARTS) is 1. The van der Waals surface area contributed by atoms with Crippen molar-refractivity contribution in [1.29, 1.82) is 5.26 Å². The van der Waals surface area contributed by atoms with Crippen LogP contribution in [0.25, 0.3) is 5.57 Å². The fourth-order valence-electron chi connectivity index (χ4n) is 5.86. The van der Waals surface area contributed by atoms with E-state index < -0.39 is 21.9 Å². The van der Waals surface area contributed by atoms with Crippen molar-refractivity contribution in [1.82, 2.24) is 9.88 Å². The summed E-state index contributed by atoms with van der Waals surface area (Å²) in [5.41, 5.74) is 2.09. The van der Waals surface area contributed by atoms with Crippen molar-refractivity contribution in [2.24, 2.45) is 0 Å². The Morgan fingerprint density at radius 3 is 2.69 bits per heavy atom. The number of piperidine rings is 1. The lowest BCUT2D eigenvalue weighted by Gasteiger charge is -2.43. The molecule has 1 fully saturated rings. The van der Waals surface area contributed by atoms with Crippen molar-refractivity contribution in [3.8, 4) is 17.6 Å². The molecular formula is C36H35Cl3IN3O5. The van der Waals surface area contributed by atoms with Crippen LogP contribution in [-0.2, 0) is 22.7 Å². The minimum absolute atomic E-state index is 0.0677. The highest BCUT2D eigenvalue weighted by molar-refractivity contribution is 14.1. The molecule has 5 rings (SSSR count). The molecule has 1 N–H and O–H groups in total. The predicted octanol–water partition coefficient (Wildman–Crippen LogP) is 8.41. The van der Waals surface area contributed by atoms with Crippen LogP contribution >= 0.6 is 57.4 Å². The summed E-state index contributed by atoms with van der Waals surface area (Å²) in [5.74, 6) is -0.0815. The molecular weight excluding hydrogens is 788 g/mol. The maximum atomic E-state index is 12.1. The maximum Gasteiger partial charge on any atom is 0.320 e. The summed E-state index contributed by atoms with van der Waals surface area (Å²) in [5, 5.41) is 19.5. The molecule has 0 radical (unpaired) electrons. The number of carbonyl (C=O) groups is 1. The molecule has 1 unspecified atom stereocenters. The molecule has 12 heteroatoms. The van der Waals surface area contributed by atoms with Crippen LogP contribution in [0.3, 0.4) is 0 Å². The second-order valence-corrected chi connectivity index (χ2v) is 14.5. The molecule has 1 aliphatic carbocycles. The van der Waals surface area contributed by atoms with Gasteiger partial charge in [0.05, 0.1) is 10.6 Å². The van der Waals surface area contributed by atoms with Crippen LogP contribution in [0.1, 0.15) is 47.9 Å². The molecule has 1 aromatic heterocycles. The van der Waals surface area contributed by atoms with Gasteiger partial charge in [-0.05, 0) is 55.2 Å². The van der Waals surface area contributed by atoms with Gasteiger partial charge in [0, 0.05) is 47.2 Å². The van der Waals surface area contributed by atoms with E-state index in [-0.39, 0.29) is 13.2 Å². The first-order chi connectivity index (χ1) is 23.2. The fraction of sp³-hybridized carbons (Fsp3) is 0.361. The first-order valence-electron chi connectivity index (χ1n) is 15.6. The van der Waals surface area contributed by atoms with Gasteiger partial charge in [0.25, 0.3) is 0 Å². The first kappa shape index (κ1) is 36.4. The number of pyridine rings is 1. The quantitative estimate of drug-likeness (QED) is 0.0983. The van der Waals surface area contributed by atoms with Gasteiger partial charge < -0.3 is 19.3 Å². The van der Waals surface area contributed by atoms with Crippen LogP contribution < -0.4 is 9.47 Å². The Balaban J connectivity index is 1.46. The highest BCUT2D eigenvalue weighted by atomic mass is 127. The second-order valence-electron chi connectivity index (χ2n) is 11.6. The molecule has 48 heavy (non-hydrogen) atoms. The van der Waals surface area contributed by atoms with Gasteiger partial charge in [0.2, 0.25) is 0 Å². The number of alkyl halides is 3. The van der Waals surface area contributed by atoms with Crippen LogP contribution in [0.5, 0.6) is 11.5 Å².